The average Bonchev–Trinajstić information content (AvgIpc) is 3.11. The second kappa shape index (κ2) is 38.2. The predicted octanol–water partition coefficient (Wildman–Crippen LogP) is 12.3. The molecule has 0 unspecified atom stereocenters. The number of ether oxygens (including phenoxy) is 2. The molecule has 0 bridgehead atoms. The smallest absolute Gasteiger partial charge is 0.462 e. The molecule has 0 amide bonds. The van der Waals surface area contributed by atoms with Crippen molar-refractivity contribution in [1.82, 2.24) is 0 Å². The van der Waals surface area contributed by atoms with Crippen LogP contribution < -0.4 is 0 Å². The Morgan fingerprint density at radius 3 is 1.42 bits per heavy atom. The number of esters is 2. The van der Waals surface area contributed by atoms with E-state index in [9.17, 15) is 14.2 Å². The fourth-order valence-corrected chi connectivity index (χ4v) is 5.58. The largest absolute Gasteiger partial charge is 0.469 e. The van der Waals surface area contributed by atoms with Crippen molar-refractivity contribution in [3.05, 3.63) is 72.9 Å². The number of hydrogen-bond acceptors (Lipinski definition) is 6. The van der Waals surface area contributed by atoms with Crippen molar-refractivity contribution in [3.63, 3.8) is 0 Å². The monoisotopic (exact) mass is 749 g/mol. The van der Waals surface area contributed by atoms with E-state index in [2.05, 4.69) is 91.3 Å². The Kier molecular flexibility index (Phi) is 36.4. The first-order chi connectivity index (χ1) is 25.3. The van der Waals surface area contributed by atoms with Crippen LogP contribution in [0.2, 0.25) is 0 Å². The van der Waals surface area contributed by atoms with Crippen molar-refractivity contribution in [2.75, 3.05) is 13.2 Å². The van der Waals surface area contributed by atoms with Crippen LogP contribution in [-0.2, 0) is 28.2 Å². The quantitative estimate of drug-likeness (QED) is 0.0281. The Hall–Kier alpha value is -2.51. The molecule has 8 nitrogen and oxygen atoms in total. The molecule has 0 aliphatic heterocycles. The third kappa shape index (κ3) is 40.3. The molecule has 0 spiro atoms. The Balaban J connectivity index is 4.04. The number of carbonyl (C=O) groups excluding carboxylic acids is 2. The second-order valence-corrected chi connectivity index (χ2v) is 14.5. The fraction of sp³-hybridized carbons (Fsp3) is 0.674. The molecule has 0 aromatic carbocycles. The molecular formula is C43H73O8P. The van der Waals surface area contributed by atoms with E-state index in [4.69, 9.17) is 19.3 Å². The average molecular weight is 749 g/mol. The van der Waals surface area contributed by atoms with Crippen LogP contribution in [0, 0.1) is 0 Å². The molecule has 0 saturated carbocycles. The zero-order valence-corrected chi connectivity index (χ0v) is 33.6. The fourth-order valence-electron chi connectivity index (χ4n) is 5.22. The summed E-state index contributed by atoms with van der Waals surface area (Å²) < 4.78 is 26.3. The molecule has 0 fully saturated rings. The van der Waals surface area contributed by atoms with Crippen molar-refractivity contribution in [2.24, 2.45) is 0 Å². The molecule has 52 heavy (non-hydrogen) atoms. The number of phosphoric acid groups is 1. The summed E-state index contributed by atoms with van der Waals surface area (Å²) in [6, 6.07) is 0. The third-order valence-corrected chi connectivity index (χ3v) is 8.69. The van der Waals surface area contributed by atoms with Crippen LogP contribution >= 0.6 is 7.82 Å². The summed E-state index contributed by atoms with van der Waals surface area (Å²) in [5, 5.41) is 0. The van der Waals surface area contributed by atoms with Gasteiger partial charge in [0.2, 0.25) is 0 Å². The molecule has 2 N–H and O–H groups in total. The topological polar surface area (TPSA) is 119 Å². The van der Waals surface area contributed by atoms with Crippen LogP contribution in [0.25, 0.3) is 0 Å². The summed E-state index contributed by atoms with van der Waals surface area (Å²) in [6.07, 6.45) is 49.0. The summed E-state index contributed by atoms with van der Waals surface area (Å²) in [5.74, 6) is -0.938. The maximum atomic E-state index is 12.4. The molecule has 9 heteroatoms. The normalized spacial score (nSPS) is 13.2. The van der Waals surface area contributed by atoms with Crippen molar-refractivity contribution in [1.29, 1.82) is 0 Å². The lowest BCUT2D eigenvalue weighted by atomic mass is 10.1. The lowest BCUT2D eigenvalue weighted by Crippen LogP contribution is -2.29. The molecule has 0 aliphatic carbocycles. The lowest BCUT2D eigenvalue weighted by molar-refractivity contribution is -0.161. The molecule has 0 aliphatic rings. The number of allylic oxidation sites excluding steroid dienone is 12. The maximum Gasteiger partial charge on any atom is 0.469 e. The van der Waals surface area contributed by atoms with Crippen LogP contribution in [-0.4, -0.2) is 41.0 Å². The summed E-state index contributed by atoms with van der Waals surface area (Å²) in [6.45, 7) is 3.52. The van der Waals surface area contributed by atoms with Gasteiger partial charge in [-0.25, -0.2) is 4.57 Å². The van der Waals surface area contributed by atoms with Crippen molar-refractivity contribution < 1.29 is 37.9 Å². The molecule has 0 rings (SSSR count). The Bertz CT molecular complexity index is 1070. The van der Waals surface area contributed by atoms with Gasteiger partial charge in [-0.1, -0.05) is 145 Å². The predicted molar refractivity (Wildman–Crippen MR) is 216 cm³/mol. The van der Waals surface area contributed by atoms with Gasteiger partial charge in [0, 0.05) is 12.8 Å². The van der Waals surface area contributed by atoms with E-state index in [-0.39, 0.29) is 19.4 Å². The third-order valence-electron chi connectivity index (χ3n) is 8.21. The number of phosphoric ester groups is 1. The highest BCUT2D eigenvalue weighted by Gasteiger charge is 2.22. The summed E-state index contributed by atoms with van der Waals surface area (Å²) in [7, 11) is -4.77. The van der Waals surface area contributed by atoms with Gasteiger partial charge >= 0.3 is 19.8 Å². The summed E-state index contributed by atoms with van der Waals surface area (Å²) in [5.41, 5.74) is 0. The van der Waals surface area contributed by atoms with E-state index in [1.807, 2.05) is 0 Å². The van der Waals surface area contributed by atoms with E-state index in [0.29, 0.717) is 12.8 Å². The molecule has 298 valence electrons. The van der Waals surface area contributed by atoms with E-state index in [0.717, 1.165) is 83.5 Å². The minimum absolute atomic E-state index is 0.168. The molecule has 0 heterocycles. The maximum absolute atomic E-state index is 12.4. The van der Waals surface area contributed by atoms with Crippen molar-refractivity contribution >= 4 is 19.8 Å². The SMILES string of the molecule is CC/C=C/C/C=C/C/C=C/C/C=C/C/C=C/CCCCCC(=O)O[C@H](COC(=O)CCCCCCC/C=C/CCCCCCCC)COP(=O)(O)O. The molecule has 1 atom stereocenters. The van der Waals surface area contributed by atoms with Gasteiger partial charge in [0.05, 0.1) is 6.61 Å². The summed E-state index contributed by atoms with van der Waals surface area (Å²) >= 11 is 0. The van der Waals surface area contributed by atoms with Gasteiger partial charge in [0.1, 0.15) is 6.61 Å². The van der Waals surface area contributed by atoms with Gasteiger partial charge in [-0.2, -0.15) is 0 Å². The molecule has 0 aromatic heterocycles. The van der Waals surface area contributed by atoms with Gasteiger partial charge in [-0.05, 0) is 83.5 Å². The molecule has 0 saturated heterocycles. The zero-order chi connectivity index (χ0) is 38.2. The van der Waals surface area contributed by atoms with Gasteiger partial charge in [-0.15, -0.1) is 0 Å². The van der Waals surface area contributed by atoms with Crippen LogP contribution in [0.15, 0.2) is 72.9 Å². The van der Waals surface area contributed by atoms with Crippen LogP contribution in [0.1, 0.15) is 168 Å². The molecule has 0 radical (unpaired) electrons. The van der Waals surface area contributed by atoms with Gasteiger partial charge in [0.15, 0.2) is 6.10 Å². The van der Waals surface area contributed by atoms with E-state index in [1.54, 1.807) is 0 Å². The van der Waals surface area contributed by atoms with Crippen molar-refractivity contribution in [3.8, 4) is 0 Å². The molecule has 0 aromatic rings. The first kappa shape index (κ1) is 49.5. The first-order valence-corrected chi connectivity index (χ1v) is 21.8. The Morgan fingerprint density at radius 1 is 0.519 bits per heavy atom. The van der Waals surface area contributed by atoms with Gasteiger partial charge < -0.3 is 19.3 Å². The number of rotatable bonds is 36. The number of hydrogen-bond donors (Lipinski definition) is 2. The van der Waals surface area contributed by atoms with Crippen LogP contribution in [0.4, 0.5) is 0 Å². The minimum atomic E-state index is -4.77. The Labute approximate surface area is 317 Å². The minimum Gasteiger partial charge on any atom is -0.462 e. The highest BCUT2D eigenvalue weighted by atomic mass is 31.2. The zero-order valence-electron chi connectivity index (χ0n) is 32.7. The molecular weight excluding hydrogens is 675 g/mol. The van der Waals surface area contributed by atoms with Crippen LogP contribution in [0.5, 0.6) is 0 Å². The standard InChI is InChI=1S/C43H73O8P/c1-3-5-7-9-11-13-15-17-19-20-21-22-24-26-28-30-32-34-36-38-43(45)51-41(40-50-52(46,47)48)39-49-42(44)37-35-33-31-29-27-25-23-18-16-14-12-10-8-6-4-2/h5,7,11,13,17-19,21-23,26,28,41H,3-4,6,8-10,12,14-16,20,24-25,27,29-40H2,1-2H3,(H2,46,47,48)/b7-5+,13-11+,19-17+,22-21+,23-18+,28-26+/t41-/m1/s1. The highest BCUT2D eigenvalue weighted by Crippen LogP contribution is 2.36. The lowest BCUT2D eigenvalue weighted by Gasteiger charge is -2.18. The van der Waals surface area contributed by atoms with Crippen LogP contribution in [0.3, 0.4) is 0 Å². The first-order valence-electron chi connectivity index (χ1n) is 20.2. The Morgan fingerprint density at radius 2 is 0.923 bits per heavy atom. The number of carbonyl (C=O) groups is 2. The number of unbranched alkanes of at least 4 members (excludes halogenated alkanes) is 14. The van der Waals surface area contributed by atoms with E-state index in [1.165, 1.54) is 44.9 Å². The highest BCUT2D eigenvalue weighted by molar-refractivity contribution is 7.46. The second-order valence-electron chi connectivity index (χ2n) is 13.2. The van der Waals surface area contributed by atoms with E-state index >= 15 is 0 Å². The summed E-state index contributed by atoms with van der Waals surface area (Å²) in [4.78, 5) is 42.8. The van der Waals surface area contributed by atoms with E-state index < -0.39 is 32.5 Å². The van der Waals surface area contributed by atoms with Gasteiger partial charge in [0.25, 0.3) is 0 Å². The van der Waals surface area contributed by atoms with Gasteiger partial charge in [-0.3, -0.25) is 14.1 Å². The van der Waals surface area contributed by atoms with Crippen molar-refractivity contribution in [2.45, 2.75) is 174 Å².